The second kappa shape index (κ2) is 6.53. The van der Waals surface area contributed by atoms with E-state index in [-0.39, 0.29) is 5.91 Å². The maximum atomic E-state index is 11.8. The van der Waals surface area contributed by atoms with Crippen LogP contribution in [-0.2, 0) is 24.9 Å². The van der Waals surface area contributed by atoms with E-state index in [0.29, 0.717) is 19.5 Å². The molecule has 0 radical (unpaired) electrons. The first kappa shape index (κ1) is 15.2. The predicted molar refractivity (Wildman–Crippen MR) is 82.0 cm³/mol. The Hall–Kier alpha value is -1.15. The highest BCUT2D eigenvalue weighted by atomic mass is 79.9. The lowest BCUT2D eigenvalue weighted by molar-refractivity contribution is -0.121. The van der Waals surface area contributed by atoms with Crippen LogP contribution in [0.1, 0.15) is 17.8 Å². The van der Waals surface area contributed by atoms with Crippen LogP contribution in [0.5, 0.6) is 0 Å². The number of amides is 1. The fraction of sp³-hybridized carbons (Fsp3) is 0.417. The fourth-order valence-corrected chi connectivity index (χ4v) is 2.55. The van der Waals surface area contributed by atoms with Gasteiger partial charge in [0.2, 0.25) is 5.91 Å². The second-order valence-electron chi connectivity index (χ2n) is 4.39. The van der Waals surface area contributed by atoms with Gasteiger partial charge in [0, 0.05) is 25.7 Å². The zero-order chi connectivity index (χ0) is 14.7. The summed E-state index contributed by atoms with van der Waals surface area (Å²) in [6.45, 7) is 2.98. The Morgan fingerprint density at radius 3 is 2.55 bits per heavy atom. The van der Waals surface area contributed by atoms with E-state index in [1.54, 1.807) is 17.1 Å². The first-order chi connectivity index (χ1) is 9.49. The summed E-state index contributed by atoms with van der Waals surface area (Å²) in [6.07, 6.45) is 3.84. The molecule has 0 saturated heterocycles. The third kappa shape index (κ3) is 3.49. The zero-order valence-electron chi connectivity index (χ0n) is 11.2. The minimum Gasteiger partial charge on any atom is -0.350 e. The van der Waals surface area contributed by atoms with Gasteiger partial charge in [-0.2, -0.15) is 10.2 Å². The number of nitrogens with one attached hydrogen (secondary N) is 1. The Bertz CT molecular complexity index is 600. The monoisotopic (exact) mass is 403 g/mol. The normalized spacial score (nSPS) is 10.8. The highest BCUT2D eigenvalue weighted by Gasteiger charge is 2.09. The fourth-order valence-electron chi connectivity index (χ4n) is 1.76. The van der Waals surface area contributed by atoms with Gasteiger partial charge in [-0.05, 0) is 38.8 Å². The van der Waals surface area contributed by atoms with Crippen LogP contribution >= 0.6 is 31.9 Å². The van der Waals surface area contributed by atoms with Crippen molar-refractivity contribution in [2.24, 2.45) is 7.05 Å². The molecule has 1 N–H and O–H groups in total. The van der Waals surface area contributed by atoms with Gasteiger partial charge >= 0.3 is 0 Å². The van der Waals surface area contributed by atoms with Crippen LogP contribution < -0.4 is 5.32 Å². The van der Waals surface area contributed by atoms with Crippen molar-refractivity contribution in [1.29, 1.82) is 0 Å². The van der Waals surface area contributed by atoms with E-state index in [4.69, 9.17) is 0 Å². The Kier molecular flexibility index (Phi) is 4.98. The molecule has 0 unspecified atom stereocenters. The van der Waals surface area contributed by atoms with Gasteiger partial charge in [0.05, 0.1) is 33.6 Å². The SMILES string of the molecule is Cc1c(Br)cnn1CCC(=O)NCc1c(Br)cnn1C. The predicted octanol–water partition coefficient (Wildman–Crippen LogP) is 2.16. The maximum Gasteiger partial charge on any atom is 0.222 e. The molecule has 0 saturated carbocycles. The lowest BCUT2D eigenvalue weighted by Gasteiger charge is -2.07. The summed E-state index contributed by atoms with van der Waals surface area (Å²) in [5.74, 6) is -0.0101. The van der Waals surface area contributed by atoms with Crippen LogP contribution in [0.3, 0.4) is 0 Å². The molecule has 0 aliphatic carbocycles. The summed E-state index contributed by atoms with van der Waals surface area (Å²) in [5.41, 5.74) is 1.96. The van der Waals surface area contributed by atoms with Crippen LogP contribution in [0, 0.1) is 6.92 Å². The van der Waals surface area contributed by atoms with Gasteiger partial charge in [-0.1, -0.05) is 0 Å². The Balaban J connectivity index is 1.83. The molecule has 2 aromatic heterocycles. The number of halogens is 2. The number of nitrogens with zero attached hydrogens (tertiary/aromatic N) is 4. The van der Waals surface area contributed by atoms with Crippen molar-refractivity contribution < 1.29 is 4.79 Å². The molecule has 0 aromatic carbocycles. The Morgan fingerprint density at radius 1 is 1.30 bits per heavy atom. The van der Waals surface area contributed by atoms with Crippen molar-refractivity contribution >= 4 is 37.8 Å². The molecule has 2 aromatic rings. The summed E-state index contributed by atoms with van der Waals surface area (Å²) < 4.78 is 5.40. The second-order valence-corrected chi connectivity index (χ2v) is 6.10. The lowest BCUT2D eigenvalue weighted by Crippen LogP contribution is -2.25. The van der Waals surface area contributed by atoms with Gasteiger partial charge < -0.3 is 5.32 Å². The molecule has 0 bridgehead atoms. The average Bonchev–Trinajstić information content (AvgIpc) is 2.90. The van der Waals surface area contributed by atoms with E-state index in [0.717, 1.165) is 20.3 Å². The molecule has 0 aliphatic rings. The molecule has 0 aliphatic heterocycles. The zero-order valence-corrected chi connectivity index (χ0v) is 14.4. The molecule has 0 spiro atoms. The first-order valence-corrected chi connectivity index (χ1v) is 7.68. The highest BCUT2D eigenvalue weighted by molar-refractivity contribution is 9.10. The minimum absolute atomic E-state index is 0.0101. The third-order valence-corrected chi connectivity index (χ3v) is 4.50. The van der Waals surface area contributed by atoms with E-state index in [1.165, 1.54) is 0 Å². The molecule has 6 nitrogen and oxygen atoms in total. The topological polar surface area (TPSA) is 64.7 Å². The van der Waals surface area contributed by atoms with E-state index in [1.807, 2.05) is 18.7 Å². The molecule has 108 valence electrons. The summed E-state index contributed by atoms with van der Waals surface area (Å²) >= 11 is 6.80. The number of hydrogen-bond acceptors (Lipinski definition) is 3. The maximum absolute atomic E-state index is 11.8. The molecule has 2 heterocycles. The quantitative estimate of drug-likeness (QED) is 0.830. The van der Waals surface area contributed by atoms with Crippen LogP contribution in [0.25, 0.3) is 0 Å². The average molecular weight is 405 g/mol. The lowest BCUT2D eigenvalue weighted by atomic mass is 10.3. The smallest absolute Gasteiger partial charge is 0.222 e. The first-order valence-electron chi connectivity index (χ1n) is 6.10. The summed E-state index contributed by atoms with van der Waals surface area (Å²) in [5, 5.41) is 11.2. The van der Waals surface area contributed by atoms with Crippen molar-refractivity contribution in [3.05, 3.63) is 32.7 Å². The van der Waals surface area contributed by atoms with Crippen molar-refractivity contribution in [3.8, 4) is 0 Å². The van der Waals surface area contributed by atoms with Gasteiger partial charge in [0.25, 0.3) is 0 Å². The number of hydrogen-bond donors (Lipinski definition) is 1. The highest BCUT2D eigenvalue weighted by Crippen LogP contribution is 2.15. The molecule has 0 fully saturated rings. The third-order valence-electron chi connectivity index (χ3n) is 3.06. The van der Waals surface area contributed by atoms with Gasteiger partial charge in [0.15, 0.2) is 0 Å². The van der Waals surface area contributed by atoms with Crippen LogP contribution in [0.4, 0.5) is 0 Å². The van der Waals surface area contributed by atoms with Crippen LogP contribution in [0.15, 0.2) is 21.3 Å². The summed E-state index contributed by atoms with van der Waals surface area (Å²) in [4.78, 5) is 11.8. The van der Waals surface area contributed by atoms with Crippen molar-refractivity contribution in [2.75, 3.05) is 0 Å². The van der Waals surface area contributed by atoms with Gasteiger partial charge in [0.1, 0.15) is 0 Å². The standard InChI is InChI=1S/C12H15Br2N5O/c1-8-9(13)5-17-19(8)4-3-12(20)15-7-11-10(14)6-16-18(11)2/h5-6H,3-4,7H2,1-2H3,(H,15,20). The number of carbonyl (C=O) groups is 1. The molecular weight excluding hydrogens is 390 g/mol. The van der Waals surface area contributed by atoms with Gasteiger partial charge in [-0.3, -0.25) is 14.2 Å². The number of aryl methyl sites for hydroxylation is 2. The number of carbonyl (C=O) groups excluding carboxylic acids is 1. The Labute approximate surface area is 133 Å². The van der Waals surface area contributed by atoms with E-state index >= 15 is 0 Å². The number of rotatable bonds is 5. The van der Waals surface area contributed by atoms with Crippen molar-refractivity contribution in [2.45, 2.75) is 26.4 Å². The van der Waals surface area contributed by atoms with Crippen LogP contribution in [-0.4, -0.2) is 25.5 Å². The van der Waals surface area contributed by atoms with E-state index in [9.17, 15) is 4.79 Å². The molecule has 0 atom stereocenters. The van der Waals surface area contributed by atoms with E-state index in [2.05, 4.69) is 47.4 Å². The van der Waals surface area contributed by atoms with Crippen molar-refractivity contribution in [1.82, 2.24) is 24.9 Å². The Morgan fingerprint density at radius 2 is 2.00 bits per heavy atom. The minimum atomic E-state index is -0.0101. The molecule has 8 heteroatoms. The molecule has 20 heavy (non-hydrogen) atoms. The van der Waals surface area contributed by atoms with Gasteiger partial charge in [-0.25, -0.2) is 0 Å². The summed E-state index contributed by atoms with van der Waals surface area (Å²) in [7, 11) is 1.84. The largest absolute Gasteiger partial charge is 0.350 e. The van der Waals surface area contributed by atoms with Gasteiger partial charge in [-0.15, -0.1) is 0 Å². The molecule has 1 amide bonds. The van der Waals surface area contributed by atoms with E-state index < -0.39 is 0 Å². The van der Waals surface area contributed by atoms with Crippen molar-refractivity contribution in [3.63, 3.8) is 0 Å². The number of aromatic nitrogens is 4. The van der Waals surface area contributed by atoms with Crippen LogP contribution in [0.2, 0.25) is 0 Å². The summed E-state index contributed by atoms with van der Waals surface area (Å²) in [6, 6.07) is 0. The molecule has 2 rings (SSSR count). The molecular formula is C12H15Br2N5O.